The molecule has 1 saturated carbocycles. The fraction of sp³-hybridized carbons (Fsp3) is 0.944. The third kappa shape index (κ3) is 8.02. The van der Waals surface area contributed by atoms with Crippen molar-refractivity contribution in [1.82, 2.24) is 10.2 Å². The predicted molar refractivity (Wildman–Crippen MR) is 93.7 cm³/mol. The Morgan fingerprint density at radius 3 is 2.48 bits per heavy atom. The number of hydrogen-bond donors (Lipinski definition) is 1. The van der Waals surface area contributed by atoms with Gasteiger partial charge in [0.1, 0.15) is 5.60 Å². The molecule has 0 aromatic heterocycles. The maximum Gasteiger partial charge on any atom is 0.410 e. The van der Waals surface area contributed by atoms with Crippen LogP contribution >= 0.6 is 0 Å². The van der Waals surface area contributed by atoms with E-state index in [4.69, 9.17) is 9.47 Å². The summed E-state index contributed by atoms with van der Waals surface area (Å²) in [7, 11) is 1.65. The minimum Gasteiger partial charge on any atom is -0.444 e. The van der Waals surface area contributed by atoms with Crippen LogP contribution in [-0.2, 0) is 9.47 Å². The molecule has 1 aliphatic carbocycles. The van der Waals surface area contributed by atoms with Crippen molar-refractivity contribution in [3.63, 3.8) is 0 Å². The number of methoxy groups -OCH3 is 1. The van der Waals surface area contributed by atoms with Gasteiger partial charge in [-0.1, -0.05) is 13.8 Å². The molecule has 0 aliphatic heterocycles. The molecule has 136 valence electrons. The lowest BCUT2D eigenvalue weighted by atomic mass is 9.80. The van der Waals surface area contributed by atoms with Crippen molar-refractivity contribution in [3.05, 3.63) is 0 Å². The van der Waals surface area contributed by atoms with Crippen LogP contribution in [0, 0.1) is 11.8 Å². The number of nitrogens with zero attached hydrogens (tertiary/aromatic N) is 1. The minimum atomic E-state index is -0.468. The molecule has 0 spiro atoms. The second kappa shape index (κ2) is 9.48. The quantitative estimate of drug-likeness (QED) is 0.779. The average Bonchev–Trinajstić information content (AvgIpc) is 2.42. The lowest BCUT2D eigenvalue weighted by Gasteiger charge is -2.34. The maximum absolute atomic E-state index is 12.3. The lowest BCUT2D eigenvalue weighted by Crippen LogP contribution is -2.45. The number of carbonyl (C=O) groups excluding carboxylic acids is 1. The van der Waals surface area contributed by atoms with Gasteiger partial charge in [-0.15, -0.1) is 0 Å². The topological polar surface area (TPSA) is 50.8 Å². The highest BCUT2D eigenvalue weighted by Gasteiger charge is 2.26. The van der Waals surface area contributed by atoms with Crippen molar-refractivity contribution in [2.75, 3.05) is 33.4 Å². The summed E-state index contributed by atoms with van der Waals surface area (Å²) in [6, 6.07) is 0.564. The van der Waals surface area contributed by atoms with Crippen LogP contribution in [0.2, 0.25) is 0 Å². The van der Waals surface area contributed by atoms with Gasteiger partial charge in [0, 0.05) is 32.8 Å². The smallest absolute Gasteiger partial charge is 0.410 e. The van der Waals surface area contributed by atoms with Crippen LogP contribution in [0.1, 0.15) is 53.9 Å². The van der Waals surface area contributed by atoms with Gasteiger partial charge in [0.2, 0.25) is 0 Å². The Morgan fingerprint density at radius 1 is 1.22 bits per heavy atom. The van der Waals surface area contributed by atoms with Gasteiger partial charge in [0.25, 0.3) is 0 Å². The first-order valence-electron chi connectivity index (χ1n) is 8.93. The van der Waals surface area contributed by atoms with Crippen molar-refractivity contribution >= 4 is 6.09 Å². The third-order valence-electron chi connectivity index (χ3n) is 4.44. The van der Waals surface area contributed by atoms with Gasteiger partial charge in [-0.2, -0.15) is 0 Å². The number of nitrogens with one attached hydrogen (secondary N) is 1. The zero-order chi connectivity index (χ0) is 17.5. The minimum absolute atomic E-state index is 0.262. The monoisotopic (exact) mass is 328 g/mol. The highest BCUT2D eigenvalue weighted by molar-refractivity contribution is 5.68. The van der Waals surface area contributed by atoms with E-state index in [1.54, 1.807) is 12.0 Å². The molecular formula is C18H36N2O3. The molecule has 5 nitrogen and oxygen atoms in total. The van der Waals surface area contributed by atoms with Gasteiger partial charge >= 0.3 is 6.09 Å². The molecule has 1 N–H and O–H groups in total. The summed E-state index contributed by atoms with van der Waals surface area (Å²) in [5.74, 6) is 1.54. The van der Waals surface area contributed by atoms with E-state index in [9.17, 15) is 4.79 Å². The average molecular weight is 328 g/mol. The van der Waals surface area contributed by atoms with E-state index >= 15 is 0 Å². The van der Waals surface area contributed by atoms with Crippen molar-refractivity contribution in [2.45, 2.75) is 65.5 Å². The van der Waals surface area contributed by atoms with Gasteiger partial charge in [-0.05, 0) is 51.9 Å². The number of amides is 1. The molecule has 0 heterocycles. The van der Waals surface area contributed by atoms with Crippen LogP contribution in [-0.4, -0.2) is 56.0 Å². The fourth-order valence-corrected chi connectivity index (χ4v) is 3.18. The summed E-state index contributed by atoms with van der Waals surface area (Å²) < 4.78 is 10.6. The SMILES string of the molecule is COCCN(CCNC1CCC(C)CC1C)C(=O)OC(C)(C)C. The lowest BCUT2D eigenvalue weighted by molar-refractivity contribution is 0.0201. The van der Waals surface area contributed by atoms with E-state index in [1.165, 1.54) is 19.3 Å². The first-order valence-corrected chi connectivity index (χ1v) is 8.93. The molecule has 0 bridgehead atoms. The number of hydrogen-bond acceptors (Lipinski definition) is 4. The first kappa shape index (κ1) is 20.2. The van der Waals surface area contributed by atoms with Crippen LogP contribution in [0.3, 0.4) is 0 Å². The zero-order valence-corrected chi connectivity index (χ0v) is 15.9. The Labute approximate surface area is 142 Å². The van der Waals surface area contributed by atoms with E-state index in [0.29, 0.717) is 31.7 Å². The molecule has 0 saturated heterocycles. The second-order valence-electron chi connectivity index (χ2n) is 7.92. The Morgan fingerprint density at radius 2 is 1.91 bits per heavy atom. The highest BCUT2D eigenvalue weighted by Crippen LogP contribution is 2.28. The normalized spacial score (nSPS) is 25.2. The fourth-order valence-electron chi connectivity index (χ4n) is 3.18. The maximum atomic E-state index is 12.3. The van der Waals surface area contributed by atoms with Crippen LogP contribution in [0.25, 0.3) is 0 Å². The van der Waals surface area contributed by atoms with E-state index in [2.05, 4.69) is 19.2 Å². The highest BCUT2D eigenvalue weighted by atomic mass is 16.6. The van der Waals surface area contributed by atoms with Crippen LogP contribution in [0.5, 0.6) is 0 Å². The molecule has 0 aromatic carbocycles. The molecular weight excluding hydrogens is 292 g/mol. The molecule has 1 amide bonds. The van der Waals surface area contributed by atoms with Gasteiger partial charge in [-0.25, -0.2) is 4.79 Å². The van der Waals surface area contributed by atoms with Crippen LogP contribution in [0.15, 0.2) is 0 Å². The second-order valence-corrected chi connectivity index (χ2v) is 7.92. The molecule has 1 aliphatic rings. The van der Waals surface area contributed by atoms with Crippen molar-refractivity contribution in [1.29, 1.82) is 0 Å². The van der Waals surface area contributed by atoms with E-state index < -0.39 is 5.60 Å². The molecule has 1 fully saturated rings. The van der Waals surface area contributed by atoms with Crippen molar-refractivity contribution < 1.29 is 14.3 Å². The molecule has 0 aromatic rings. The number of carbonyl (C=O) groups is 1. The first-order chi connectivity index (χ1) is 10.7. The van der Waals surface area contributed by atoms with Gasteiger partial charge in [-0.3, -0.25) is 0 Å². The van der Waals surface area contributed by atoms with Crippen LogP contribution < -0.4 is 5.32 Å². The van der Waals surface area contributed by atoms with Gasteiger partial charge in [0.05, 0.1) is 6.61 Å². The zero-order valence-electron chi connectivity index (χ0n) is 15.9. The molecule has 1 rings (SSSR count). The van der Waals surface area contributed by atoms with E-state index in [-0.39, 0.29) is 6.09 Å². The predicted octanol–water partition coefficient (Wildman–Crippen LogP) is 3.28. The summed E-state index contributed by atoms with van der Waals surface area (Å²) in [5, 5.41) is 3.63. The molecule has 5 heteroatoms. The Bertz CT molecular complexity index is 355. The Hall–Kier alpha value is -0.810. The van der Waals surface area contributed by atoms with Crippen molar-refractivity contribution in [3.8, 4) is 0 Å². The Balaban J connectivity index is 2.42. The third-order valence-corrected chi connectivity index (χ3v) is 4.44. The standard InChI is InChI=1S/C18H36N2O3/c1-14-7-8-16(15(2)13-14)19-9-10-20(11-12-22-6)17(21)23-18(3,4)5/h14-16,19H,7-13H2,1-6H3. The summed E-state index contributed by atoms with van der Waals surface area (Å²) in [6.45, 7) is 12.9. The molecule has 3 unspecified atom stereocenters. The van der Waals surface area contributed by atoms with Crippen LogP contribution in [0.4, 0.5) is 4.79 Å². The van der Waals surface area contributed by atoms with Gasteiger partial charge < -0.3 is 19.7 Å². The molecule has 23 heavy (non-hydrogen) atoms. The van der Waals surface area contributed by atoms with Gasteiger partial charge in [0.15, 0.2) is 0 Å². The summed E-state index contributed by atoms with van der Waals surface area (Å²) >= 11 is 0. The Kier molecular flexibility index (Phi) is 8.34. The van der Waals surface area contributed by atoms with E-state index in [0.717, 1.165) is 12.5 Å². The van der Waals surface area contributed by atoms with E-state index in [1.807, 2.05) is 20.8 Å². The summed E-state index contributed by atoms with van der Waals surface area (Å²) in [4.78, 5) is 14.0. The summed E-state index contributed by atoms with van der Waals surface area (Å²) in [5.41, 5.74) is -0.468. The molecule has 0 radical (unpaired) electrons. The summed E-state index contributed by atoms with van der Waals surface area (Å²) in [6.07, 6.45) is 3.55. The molecule has 3 atom stereocenters. The largest absolute Gasteiger partial charge is 0.444 e. The number of ether oxygens (including phenoxy) is 2. The number of rotatable bonds is 7. The van der Waals surface area contributed by atoms with Crippen molar-refractivity contribution in [2.24, 2.45) is 11.8 Å².